The zero-order valence-corrected chi connectivity index (χ0v) is 38.1. The summed E-state index contributed by atoms with van der Waals surface area (Å²) in [7, 11) is -4.28. The standard InChI is InChI=1S/C48H89O8P/c1-4-7-9-11-13-15-17-19-21-22-23-24-25-26-27-28-29-31-32-34-36-38-40-42-47(49)53-44-46(45-55-57(51,52)54-6-3)56-48(50)43-41-39-37-35-33-30-20-18-16-14-12-10-8-5-2/h12,14,18,20,22-23,46H,4-11,13,15-17,19,21,24-45H2,1-3H3,(H,51,52)/b14-12-,20-18-,23-22-. The van der Waals surface area contributed by atoms with Gasteiger partial charge in [0.05, 0.1) is 13.2 Å². The molecule has 57 heavy (non-hydrogen) atoms. The van der Waals surface area contributed by atoms with Crippen molar-refractivity contribution in [1.29, 1.82) is 0 Å². The SMILES string of the molecule is CCCC/C=C\C/C=C\CCCCCCCC(=O)OC(COC(=O)CCCCCCCCCCCCC/C=C\CCCCCCCCCC)COP(=O)(O)OCC. The van der Waals surface area contributed by atoms with Crippen LogP contribution in [0.4, 0.5) is 0 Å². The first-order valence-electron chi connectivity index (χ1n) is 23.8. The number of carbonyl (C=O) groups is 2. The van der Waals surface area contributed by atoms with Crippen LogP contribution in [0, 0.1) is 0 Å². The van der Waals surface area contributed by atoms with E-state index in [1.54, 1.807) is 6.92 Å². The first-order valence-corrected chi connectivity index (χ1v) is 25.3. The van der Waals surface area contributed by atoms with Crippen molar-refractivity contribution in [2.24, 2.45) is 0 Å². The molecule has 2 atom stereocenters. The van der Waals surface area contributed by atoms with Crippen molar-refractivity contribution in [3.8, 4) is 0 Å². The molecule has 0 fully saturated rings. The number of rotatable bonds is 44. The van der Waals surface area contributed by atoms with E-state index in [1.165, 1.54) is 128 Å². The van der Waals surface area contributed by atoms with Gasteiger partial charge in [-0.15, -0.1) is 0 Å². The topological polar surface area (TPSA) is 108 Å². The van der Waals surface area contributed by atoms with Crippen LogP contribution in [0.3, 0.4) is 0 Å². The minimum atomic E-state index is -4.28. The Hall–Kier alpha value is -1.73. The predicted octanol–water partition coefficient (Wildman–Crippen LogP) is 15.2. The Balaban J connectivity index is 3.97. The van der Waals surface area contributed by atoms with Crippen LogP contribution in [0.25, 0.3) is 0 Å². The zero-order valence-electron chi connectivity index (χ0n) is 37.2. The molecular weight excluding hydrogens is 735 g/mol. The van der Waals surface area contributed by atoms with Gasteiger partial charge in [0.2, 0.25) is 0 Å². The van der Waals surface area contributed by atoms with Gasteiger partial charge in [0.1, 0.15) is 6.61 Å². The number of phosphoric ester groups is 1. The quantitative estimate of drug-likeness (QED) is 0.0280. The second-order valence-corrected chi connectivity index (χ2v) is 17.2. The molecule has 0 amide bonds. The van der Waals surface area contributed by atoms with Gasteiger partial charge in [-0.1, -0.05) is 185 Å². The fourth-order valence-corrected chi connectivity index (χ4v) is 7.40. The Kier molecular flexibility index (Phi) is 42.5. The third-order valence-electron chi connectivity index (χ3n) is 10.2. The number of carbonyl (C=O) groups excluding carboxylic acids is 2. The average Bonchev–Trinajstić information content (AvgIpc) is 3.19. The van der Waals surface area contributed by atoms with Crippen LogP contribution < -0.4 is 0 Å². The maximum atomic E-state index is 12.6. The van der Waals surface area contributed by atoms with E-state index in [1.807, 2.05) is 0 Å². The lowest BCUT2D eigenvalue weighted by molar-refractivity contribution is -0.161. The maximum absolute atomic E-state index is 12.6. The molecule has 9 heteroatoms. The average molecular weight is 825 g/mol. The van der Waals surface area contributed by atoms with E-state index < -0.39 is 26.5 Å². The van der Waals surface area contributed by atoms with E-state index in [4.69, 9.17) is 18.5 Å². The highest BCUT2D eigenvalue weighted by molar-refractivity contribution is 7.47. The fraction of sp³-hybridized carbons (Fsp3) is 0.833. The number of hydrogen-bond donors (Lipinski definition) is 1. The van der Waals surface area contributed by atoms with Crippen molar-refractivity contribution in [2.75, 3.05) is 19.8 Å². The predicted molar refractivity (Wildman–Crippen MR) is 239 cm³/mol. The lowest BCUT2D eigenvalue weighted by Crippen LogP contribution is -2.29. The molecular formula is C48H89O8P. The molecule has 0 aromatic rings. The van der Waals surface area contributed by atoms with Crippen LogP contribution in [0.5, 0.6) is 0 Å². The summed E-state index contributed by atoms with van der Waals surface area (Å²) in [5.41, 5.74) is 0. The van der Waals surface area contributed by atoms with Gasteiger partial charge in [0.25, 0.3) is 0 Å². The van der Waals surface area contributed by atoms with Crippen LogP contribution in [-0.2, 0) is 32.7 Å². The summed E-state index contributed by atoms with van der Waals surface area (Å²) >= 11 is 0. The van der Waals surface area contributed by atoms with Gasteiger partial charge in [-0.05, 0) is 71.1 Å². The second kappa shape index (κ2) is 43.8. The Morgan fingerprint density at radius 2 is 0.860 bits per heavy atom. The van der Waals surface area contributed by atoms with Gasteiger partial charge in [-0.2, -0.15) is 0 Å². The van der Waals surface area contributed by atoms with Crippen LogP contribution in [0.2, 0.25) is 0 Å². The highest BCUT2D eigenvalue weighted by atomic mass is 31.2. The van der Waals surface area contributed by atoms with Gasteiger partial charge in [-0.25, -0.2) is 4.57 Å². The van der Waals surface area contributed by atoms with Crippen molar-refractivity contribution < 1.29 is 37.6 Å². The third kappa shape index (κ3) is 43.7. The number of esters is 2. The second-order valence-electron chi connectivity index (χ2n) is 15.8. The van der Waals surface area contributed by atoms with E-state index >= 15 is 0 Å². The molecule has 0 radical (unpaired) electrons. The van der Waals surface area contributed by atoms with Crippen LogP contribution >= 0.6 is 7.82 Å². The van der Waals surface area contributed by atoms with Crippen LogP contribution in [0.1, 0.15) is 233 Å². The molecule has 0 spiro atoms. The number of hydrogen-bond acceptors (Lipinski definition) is 7. The lowest BCUT2D eigenvalue weighted by atomic mass is 10.0. The van der Waals surface area contributed by atoms with Crippen molar-refractivity contribution in [2.45, 2.75) is 239 Å². The van der Waals surface area contributed by atoms with Crippen LogP contribution in [0.15, 0.2) is 36.5 Å². The molecule has 0 heterocycles. The molecule has 0 saturated heterocycles. The van der Waals surface area contributed by atoms with Crippen LogP contribution in [-0.4, -0.2) is 42.8 Å². The molecule has 0 aromatic carbocycles. The van der Waals surface area contributed by atoms with E-state index in [-0.39, 0.29) is 25.6 Å². The number of phosphoric acid groups is 1. The monoisotopic (exact) mass is 825 g/mol. The lowest BCUT2D eigenvalue weighted by Gasteiger charge is -2.19. The normalized spacial score (nSPS) is 13.5. The number of unbranched alkanes of at least 4 members (excludes halogenated alkanes) is 26. The van der Waals surface area contributed by atoms with Crippen molar-refractivity contribution >= 4 is 19.8 Å². The Labute approximate surface area is 351 Å². The highest BCUT2D eigenvalue weighted by Gasteiger charge is 2.25. The summed E-state index contributed by atoms with van der Waals surface area (Å²) in [6.07, 6.45) is 50.6. The fourth-order valence-electron chi connectivity index (χ4n) is 6.64. The molecule has 8 nitrogen and oxygen atoms in total. The van der Waals surface area contributed by atoms with Crippen molar-refractivity contribution in [1.82, 2.24) is 0 Å². The first kappa shape index (κ1) is 55.3. The van der Waals surface area contributed by atoms with Gasteiger partial charge in [0.15, 0.2) is 6.10 Å². The summed E-state index contributed by atoms with van der Waals surface area (Å²) in [6.45, 7) is 5.44. The molecule has 0 rings (SSSR count). The van der Waals surface area contributed by atoms with Gasteiger partial charge >= 0.3 is 19.8 Å². The molecule has 0 bridgehead atoms. The molecule has 0 saturated carbocycles. The van der Waals surface area contributed by atoms with Gasteiger partial charge in [-0.3, -0.25) is 18.6 Å². The first-order chi connectivity index (χ1) is 27.8. The molecule has 334 valence electrons. The Morgan fingerprint density at radius 3 is 1.32 bits per heavy atom. The van der Waals surface area contributed by atoms with E-state index in [0.717, 1.165) is 64.2 Å². The number of allylic oxidation sites excluding steroid dienone is 6. The number of ether oxygens (including phenoxy) is 2. The smallest absolute Gasteiger partial charge is 0.462 e. The summed E-state index contributed by atoms with van der Waals surface area (Å²) < 4.78 is 32.7. The van der Waals surface area contributed by atoms with Crippen molar-refractivity contribution in [3.05, 3.63) is 36.5 Å². The molecule has 0 aromatic heterocycles. The highest BCUT2D eigenvalue weighted by Crippen LogP contribution is 2.43. The Bertz CT molecular complexity index is 1030. The third-order valence-corrected chi connectivity index (χ3v) is 11.2. The summed E-state index contributed by atoms with van der Waals surface area (Å²) in [6, 6.07) is 0. The summed E-state index contributed by atoms with van der Waals surface area (Å²) in [5.74, 6) is -0.809. The molecule has 0 aliphatic heterocycles. The maximum Gasteiger partial charge on any atom is 0.472 e. The molecule has 2 unspecified atom stereocenters. The Morgan fingerprint density at radius 1 is 0.474 bits per heavy atom. The van der Waals surface area contributed by atoms with E-state index in [2.05, 4.69) is 50.3 Å². The summed E-state index contributed by atoms with van der Waals surface area (Å²) in [5, 5.41) is 0. The zero-order chi connectivity index (χ0) is 41.8. The molecule has 1 N–H and O–H groups in total. The van der Waals surface area contributed by atoms with Gasteiger partial charge < -0.3 is 14.4 Å². The van der Waals surface area contributed by atoms with Crippen molar-refractivity contribution in [3.63, 3.8) is 0 Å². The summed E-state index contributed by atoms with van der Waals surface area (Å²) in [4.78, 5) is 34.8. The van der Waals surface area contributed by atoms with E-state index in [0.29, 0.717) is 12.8 Å². The minimum absolute atomic E-state index is 0.00227. The largest absolute Gasteiger partial charge is 0.472 e. The molecule has 0 aliphatic carbocycles. The van der Waals surface area contributed by atoms with E-state index in [9.17, 15) is 19.0 Å². The van der Waals surface area contributed by atoms with Gasteiger partial charge in [0, 0.05) is 12.8 Å². The minimum Gasteiger partial charge on any atom is -0.462 e. The molecule has 0 aliphatic rings.